The molecule has 0 atom stereocenters. The number of nitrogens with one attached hydrogen (secondary N) is 1. The summed E-state index contributed by atoms with van der Waals surface area (Å²) in [6.45, 7) is 4.15. The van der Waals surface area contributed by atoms with Gasteiger partial charge in [0.1, 0.15) is 5.75 Å². The molecule has 0 bridgehead atoms. The number of hydrogen-bond acceptors (Lipinski definition) is 4. The highest BCUT2D eigenvalue weighted by Gasteiger charge is 2.08. The van der Waals surface area contributed by atoms with E-state index >= 15 is 0 Å². The molecule has 0 spiro atoms. The Morgan fingerprint density at radius 2 is 1.60 bits per heavy atom. The van der Waals surface area contributed by atoms with E-state index in [0.29, 0.717) is 12.1 Å². The maximum atomic E-state index is 11.9. The van der Waals surface area contributed by atoms with Crippen LogP contribution in [-0.4, -0.2) is 20.9 Å². The Morgan fingerprint density at radius 1 is 1.04 bits per heavy atom. The average molecular weight is 362 g/mol. The first-order chi connectivity index (χ1) is 11.7. The third kappa shape index (κ3) is 6.21. The second kappa shape index (κ2) is 8.13. The highest BCUT2D eigenvalue weighted by molar-refractivity contribution is 7.88. The highest BCUT2D eigenvalue weighted by Crippen LogP contribution is 2.22. The van der Waals surface area contributed by atoms with Gasteiger partial charge in [-0.3, -0.25) is 4.79 Å². The molecular weight excluding hydrogens is 340 g/mol. The van der Waals surface area contributed by atoms with Crippen LogP contribution in [0.3, 0.4) is 0 Å². The van der Waals surface area contributed by atoms with Crippen molar-refractivity contribution in [3.05, 3.63) is 64.7 Å². The lowest BCUT2D eigenvalue weighted by molar-refractivity contribution is -0.123. The van der Waals surface area contributed by atoms with Gasteiger partial charge < -0.3 is 10.1 Å². The van der Waals surface area contributed by atoms with Gasteiger partial charge in [0, 0.05) is 6.54 Å². The van der Waals surface area contributed by atoms with Crippen molar-refractivity contribution in [3.63, 3.8) is 0 Å². The van der Waals surface area contributed by atoms with Crippen molar-refractivity contribution in [3.8, 4) is 5.75 Å². The summed E-state index contributed by atoms with van der Waals surface area (Å²) in [5.41, 5.74) is 3.44. The predicted molar refractivity (Wildman–Crippen MR) is 96.5 cm³/mol. The van der Waals surface area contributed by atoms with Crippen molar-refractivity contribution in [2.45, 2.75) is 26.1 Å². The molecule has 3 N–H and O–H groups in total. The van der Waals surface area contributed by atoms with E-state index in [-0.39, 0.29) is 18.3 Å². The summed E-state index contributed by atoms with van der Waals surface area (Å²) >= 11 is 0. The molecule has 0 unspecified atom stereocenters. The van der Waals surface area contributed by atoms with Crippen LogP contribution in [0.1, 0.15) is 22.3 Å². The van der Waals surface area contributed by atoms with Gasteiger partial charge in [0.2, 0.25) is 10.0 Å². The number of carbonyl (C=O) groups excluding carboxylic acids is 1. The van der Waals surface area contributed by atoms with Gasteiger partial charge in [-0.2, -0.15) is 0 Å². The van der Waals surface area contributed by atoms with Crippen molar-refractivity contribution >= 4 is 15.9 Å². The minimum absolute atomic E-state index is 0.0603. The molecule has 0 radical (unpaired) electrons. The maximum Gasteiger partial charge on any atom is 0.258 e. The van der Waals surface area contributed by atoms with Gasteiger partial charge in [-0.1, -0.05) is 42.5 Å². The summed E-state index contributed by atoms with van der Waals surface area (Å²) in [6, 6.07) is 12.7. The first kappa shape index (κ1) is 19.0. The summed E-state index contributed by atoms with van der Waals surface area (Å²) in [7, 11) is -3.54. The van der Waals surface area contributed by atoms with Crippen LogP contribution < -0.4 is 15.2 Å². The summed E-state index contributed by atoms with van der Waals surface area (Å²) < 4.78 is 27.7. The van der Waals surface area contributed by atoms with Crippen LogP contribution in [0.5, 0.6) is 5.75 Å². The number of sulfonamides is 1. The van der Waals surface area contributed by atoms with Crippen LogP contribution in [0.15, 0.2) is 42.5 Å². The minimum Gasteiger partial charge on any atom is -0.483 e. The Morgan fingerprint density at radius 3 is 2.16 bits per heavy atom. The Kier molecular flexibility index (Phi) is 6.17. The smallest absolute Gasteiger partial charge is 0.258 e. The van der Waals surface area contributed by atoms with E-state index in [0.717, 1.165) is 22.4 Å². The number of amides is 1. The average Bonchev–Trinajstić information content (AvgIpc) is 2.52. The zero-order valence-corrected chi connectivity index (χ0v) is 15.1. The fourth-order valence-electron chi connectivity index (χ4n) is 2.40. The van der Waals surface area contributed by atoms with Crippen LogP contribution in [0.2, 0.25) is 0 Å². The van der Waals surface area contributed by atoms with Crippen LogP contribution in [0.25, 0.3) is 0 Å². The lowest BCUT2D eigenvalue weighted by Gasteiger charge is -2.12. The molecule has 0 aliphatic carbocycles. The summed E-state index contributed by atoms with van der Waals surface area (Å²) in [5.74, 6) is 0.296. The molecule has 0 heterocycles. The molecule has 0 saturated carbocycles. The normalized spacial score (nSPS) is 11.2. The van der Waals surface area contributed by atoms with E-state index in [1.165, 1.54) is 0 Å². The van der Waals surface area contributed by atoms with E-state index in [2.05, 4.69) is 5.32 Å². The van der Waals surface area contributed by atoms with E-state index in [1.807, 2.05) is 32.0 Å². The van der Waals surface area contributed by atoms with Crippen LogP contribution in [0.4, 0.5) is 0 Å². The molecule has 0 saturated heterocycles. The zero-order chi connectivity index (χ0) is 18.4. The van der Waals surface area contributed by atoms with Crippen molar-refractivity contribution in [1.82, 2.24) is 5.32 Å². The highest BCUT2D eigenvalue weighted by atomic mass is 32.2. The molecule has 6 nitrogen and oxygen atoms in total. The van der Waals surface area contributed by atoms with Gasteiger partial charge in [0.05, 0.1) is 5.75 Å². The number of aryl methyl sites for hydroxylation is 2. The van der Waals surface area contributed by atoms with Gasteiger partial charge in [-0.05, 0) is 36.1 Å². The lowest BCUT2D eigenvalue weighted by Crippen LogP contribution is -2.28. The predicted octanol–water partition coefficient (Wildman–Crippen LogP) is 1.79. The van der Waals surface area contributed by atoms with Crippen molar-refractivity contribution in [2.24, 2.45) is 5.14 Å². The molecular formula is C18H22N2O4S. The molecule has 2 rings (SSSR count). The fourth-order valence-corrected chi connectivity index (χ4v) is 3.06. The van der Waals surface area contributed by atoms with Gasteiger partial charge in [-0.15, -0.1) is 0 Å². The largest absolute Gasteiger partial charge is 0.483 e. The quantitative estimate of drug-likeness (QED) is 0.784. The Labute approximate surface area is 148 Å². The molecule has 2 aromatic carbocycles. The Hall–Kier alpha value is -2.38. The second-order valence-electron chi connectivity index (χ2n) is 5.91. The van der Waals surface area contributed by atoms with E-state index in [9.17, 15) is 13.2 Å². The van der Waals surface area contributed by atoms with Crippen LogP contribution >= 0.6 is 0 Å². The molecule has 0 aromatic heterocycles. The van der Waals surface area contributed by atoms with Crippen LogP contribution in [0, 0.1) is 13.8 Å². The summed E-state index contributed by atoms with van der Waals surface area (Å²) in [5, 5.41) is 7.78. The number of rotatable bonds is 7. The first-order valence-electron chi connectivity index (χ1n) is 7.78. The molecule has 2 aromatic rings. The fraction of sp³-hybridized carbons (Fsp3) is 0.278. The third-order valence-electron chi connectivity index (χ3n) is 3.64. The molecule has 0 fully saturated rings. The second-order valence-corrected chi connectivity index (χ2v) is 7.52. The van der Waals surface area contributed by atoms with E-state index < -0.39 is 10.0 Å². The molecule has 134 valence electrons. The minimum atomic E-state index is -3.54. The number of carbonyl (C=O) groups is 1. The standard InChI is InChI=1S/C18H22N2O4S/c1-13-4-3-5-14(2)18(13)24-11-17(21)20-10-15-6-8-16(9-7-15)12-25(19,22)23/h3-9H,10-12H2,1-2H3,(H,20,21)(H2,19,22,23). The lowest BCUT2D eigenvalue weighted by atomic mass is 10.1. The van der Waals surface area contributed by atoms with Gasteiger partial charge in [-0.25, -0.2) is 13.6 Å². The van der Waals surface area contributed by atoms with Crippen molar-refractivity contribution in [1.29, 1.82) is 0 Å². The molecule has 0 aliphatic rings. The van der Waals surface area contributed by atoms with E-state index in [4.69, 9.17) is 9.88 Å². The number of para-hydroxylation sites is 1. The first-order valence-corrected chi connectivity index (χ1v) is 9.50. The van der Waals surface area contributed by atoms with E-state index in [1.54, 1.807) is 24.3 Å². The maximum absolute atomic E-state index is 11.9. The van der Waals surface area contributed by atoms with Crippen LogP contribution in [-0.2, 0) is 27.1 Å². The third-order valence-corrected chi connectivity index (χ3v) is 4.37. The number of hydrogen-bond donors (Lipinski definition) is 2. The van der Waals surface area contributed by atoms with Crippen molar-refractivity contribution < 1.29 is 17.9 Å². The molecule has 7 heteroatoms. The number of benzene rings is 2. The van der Waals surface area contributed by atoms with Gasteiger partial charge >= 0.3 is 0 Å². The monoisotopic (exact) mass is 362 g/mol. The summed E-state index contributed by atoms with van der Waals surface area (Å²) in [6.07, 6.45) is 0. The Bertz CT molecular complexity index is 826. The van der Waals surface area contributed by atoms with Gasteiger partial charge in [0.25, 0.3) is 5.91 Å². The number of ether oxygens (including phenoxy) is 1. The molecule has 0 aliphatic heterocycles. The number of primary sulfonamides is 1. The Balaban J connectivity index is 1.84. The summed E-state index contributed by atoms with van der Waals surface area (Å²) in [4.78, 5) is 11.9. The zero-order valence-electron chi connectivity index (χ0n) is 14.3. The SMILES string of the molecule is Cc1cccc(C)c1OCC(=O)NCc1ccc(CS(N)(=O)=O)cc1. The molecule has 1 amide bonds. The topological polar surface area (TPSA) is 98.5 Å². The van der Waals surface area contributed by atoms with Crippen molar-refractivity contribution in [2.75, 3.05) is 6.61 Å². The van der Waals surface area contributed by atoms with Gasteiger partial charge in [0.15, 0.2) is 6.61 Å². The molecule has 25 heavy (non-hydrogen) atoms. The number of nitrogens with two attached hydrogens (primary N) is 1.